The minimum atomic E-state index is -0.246. The quantitative estimate of drug-likeness (QED) is 0.475. The van der Waals surface area contributed by atoms with E-state index in [-0.39, 0.29) is 5.91 Å². The number of aryl methyl sites for hydroxylation is 1. The fraction of sp³-hybridized carbons (Fsp3) is 0.208. The van der Waals surface area contributed by atoms with Gasteiger partial charge in [0.05, 0.1) is 10.2 Å². The highest BCUT2D eigenvalue weighted by Gasteiger charge is 2.19. The van der Waals surface area contributed by atoms with Crippen LogP contribution in [0.1, 0.15) is 28.0 Å². The molecule has 4 aromatic rings. The molecule has 31 heavy (non-hydrogen) atoms. The first-order valence-corrected chi connectivity index (χ1v) is 11.1. The van der Waals surface area contributed by atoms with Crippen LogP contribution in [0.4, 0.5) is 5.13 Å². The fourth-order valence-electron chi connectivity index (χ4n) is 3.89. The van der Waals surface area contributed by atoms with Crippen LogP contribution in [0.15, 0.2) is 60.8 Å². The number of carbonyl (C=O) groups excluding carboxylic acids is 1. The summed E-state index contributed by atoms with van der Waals surface area (Å²) in [6.07, 6.45) is 4.80. The SMILES string of the molecule is CNC(=O)c1cc(Oc2ccc3nc(N[C@@H]4CCc5ccccc5C4)sc3c2)ccn1. The average molecular weight is 431 g/mol. The maximum atomic E-state index is 11.8. The van der Waals surface area contributed by atoms with Gasteiger partial charge in [0.2, 0.25) is 0 Å². The first-order valence-electron chi connectivity index (χ1n) is 10.3. The molecule has 2 N–H and O–H groups in total. The van der Waals surface area contributed by atoms with Gasteiger partial charge < -0.3 is 15.4 Å². The second kappa shape index (κ2) is 8.35. The zero-order valence-electron chi connectivity index (χ0n) is 17.1. The molecule has 0 radical (unpaired) electrons. The topological polar surface area (TPSA) is 76.1 Å². The number of hydrogen-bond acceptors (Lipinski definition) is 6. The van der Waals surface area contributed by atoms with E-state index < -0.39 is 0 Å². The van der Waals surface area contributed by atoms with Crippen LogP contribution in [0, 0.1) is 0 Å². The summed E-state index contributed by atoms with van der Waals surface area (Å²) < 4.78 is 7.01. The number of rotatable bonds is 5. The number of carbonyl (C=O) groups is 1. The van der Waals surface area contributed by atoms with E-state index >= 15 is 0 Å². The van der Waals surface area contributed by atoms with Crippen molar-refractivity contribution in [3.63, 3.8) is 0 Å². The van der Waals surface area contributed by atoms with Crippen LogP contribution in [-0.4, -0.2) is 29.0 Å². The van der Waals surface area contributed by atoms with E-state index in [1.807, 2.05) is 18.2 Å². The molecule has 6 nitrogen and oxygen atoms in total. The lowest BCUT2D eigenvalue weighted by molar-refractivity contribution is 0.0958. The summed E-state index contributed by atoms with van der Waals surface area (Å²) in [4.78, 5) is 20.6. The maximum absolute atomic E-state index is 11.8. The number of anilines is 1. The molecule has 156 valence electrons. The Hall–Kier alpha value is -3.45. The Labute approximate surface area is 184 Å². The van der Waals surface area contributed by atoms with Crippen molar-refractivity contribution in [3.05, 3.63) is 77.6 Å². The molecule has 1 atom stereocenters. The van der Waals surface area contributed by atoms with Gasteiger partial charge in [0, 0.05) is 31.4 Å². The first kappa shape index (κ1) is 19.5. The van der Waals surface area contributed by atoms with Gasteiger partial charge in [0.1, 0.15) is 17.2 Å². The highest BCUT2D eigenvalue weighted by atomic mass is 32.1. The highest BCUT2D eigenvalue weighted by molar-refractivity contribution is 7.22. The molecule has 0 fully saturated rings. The average Bonchev–Trinajstić information content (AvgIpc) is 3.20. The van der Waals surface area contributed by atoms with Gasteiger partial charge in [-0.3, -0.25) is 9.78 Å². The molecule has 1 amide bonds. The van der Waals surface area contributed by atoms with Crippen molar-refractivity contribution in [2.45, 2.75) is 25.3 Å². The van der Waals surface area contributed by atoms with E-state index in [4.69, 9.17) is 9.72 Å². The lowest BCUT2D eigenvalue weighted by Gasteiger charge is -2.25. The van der Waals surface area contributed by atoms with Gasteiger partial charge in [0.15, 0.2) is 5.13 Å². The minimum Gasteiger partial charge on any atom is -0.457 e. The van der Waals surface area contributed by atoms with Crippen LogP contribution in [0.2, 0.25) is 0 Å². The van der Waals surface area contributed by atoms with Crippen molar-refractivity contribution < 1.29 is 9.53 Å². The molecule has 0 bridgehead atoms. The molecule has 2 aromatic heterocycles. The Morgan fingerprint density at radius 3 is 2.81 bits per heavy atom. The van der Waals surface area contributed by atoms with E-state index in [2.05, 4.69) is 39.9 Å². The number of ether oxygens (including phenoxy) is 1. The Morgan fingerprint density at radius 1 is 1.10 bits per heavy atom. The van der Waals surface area contributed by atoms with E-state index in [1.165, 1.54) is 11.1 Å². The molecule has 1 aliphatic carbocycles. The second-order valence-electron chi connectivity index (χ2n) is 7.56. The molecule has 2 aromatic carbocycles. The molecular formula is C24H22N4O2S. The standard InChI is InChI=1S/C24H22N4O2S/c1-25-23(29)21-13-19(10-11-26-21)30-18-8-9-20-22(14-18)31-24(28-20)27-17-7-6-15-4-2-3-5-16(15)12-17/h2-5,8-11,13-14,17H,6-7,12H2,1H3,(H,25,29)(H,27,28)/t17-/m1/s1. The largest absolute Gasteiger partial charge is 0.457 e. The first-order chi connectivity index (χ1) is 15.2. The number of aromatic nitrogens is 2. The van der Waals surface area contributed by atoms with Crippen molar-refractivity contribution >= 4 is 32.6 Å². The van der Waals surface area contributed by atoms with Crippen molar-refractivity contribution in [3.8, 4) is 11.5 Å². The summed E-state index contributed by atoms with van der Waals surface area (Å²) in [6.45, 7) is 0. The molecule has 1 aliphatic rings. The van der Waals surface area contributed by atoms with Crippen molar-refractivity contribution in [2.24, 2.45) is 0 Å². The van der Waals surface area contributed by atoms with Gasteiger partial charge in [-0.2, -0.15) is 0 Å². The predicted octanol–water partition coefficient (Wildman–Crippen LogP) is 4.81. The van der Waals surface area contributed by atoms with Gasteiger partial charge in [-0.15, -0.1) is 0 Å². The van der Waals surface area contributed by atoms with E-state index in [9.17, 15) is 4.79 Å². The molecular weight excluding hydrogens is 408 g/mol. The fourth-order valence-corrected chi connectivity index (χ4v) is 4.86. The molecule has 5 rings (SSSR count). The molecule has 0 spiro atoms. The number of fused-ring (bicyclic) bond motifs is 2. The van der Waals surface area contributed by atoms with Crippen molar-refractivity contribution in [1.82, 2.24) is 15.3 Å². The molecule has 2 heterocycles. The predicted molar refractivity (Wildman–Crippen MR) is 123 cm³/mol. The number of thiazole rings is 1. The van der Waals surface area contributed by atoms with Gasteiger partial charge in [-0.25, -0.2) is 4.98 Å². The molecule has 7 heteroatoms. The van der Waals surface area contributed by atoms with E-state index in [0.29, 0.717) is 23.2 Å². The summed E-state index contributed by atoms with van der Waals surface area (Å²) in [7, 11) is 1.58. The van der Waals surface area contributed by atoms with Gasteiger partial charge in [-0.05, 0) is 48.6 Å². The summed E-state index contributed by atoms with van der Waals surface area (Å²) in [5.41, 5.74) is 4.15. The molecule has 0 unspecified atom stereocenters. The Kier molecular flexibility index (Phi) is 5.26. The lowest BCUT2D eigenvalue weighted by atomic mass is 9.88. The number of benzene rings is 2. The van der Waals surface area contributed by atoms with Crippen LogP contribution in [0.3, 0.4) is 0 Å². The highest BCUT2D eigenvalue weighted by Crippen LogP contribution is 2.33. The summed E-state index contributed by atoms with van der Waals surface area (Å²) in [5.74, 6) is 1.02. The monoisotopic (exact) mass is 430 g/mol. The van der Waals surface area contributed by atoms with Crippen LogP contribution < -0.4 is 15.4 Å². The number of pyridine rings is 1. The van der Waals surface area contributed by atoms with E-state index in [1.54, 1.807) is 36.7 Å². The maximum Gasteiger partial charge on any atom is 0.269 e. The number of nitrogens with one attached hydrogen (secondary N) is 2. The van der Waals surface area contributed by atoms with Crippen molar-refractivity contribution in [2.75, 3.05) is 12.4 Å². The summed E-state index contributed by atoms with van der Waals surface area (Å²) in [5, 5.41) is 7.12. The number of amides is 1. The van der Waals surface area contributed by atoms with Gasteiger partial charge >= 0.3 is 0 Å². The Morgan fingerprint density at radius 2 is 1.94 bits per heavy atom. The lowest BCUT2D eigenvalue weighted by Crippen LogP contribution is -2.27. The van der Waals surface area contributed by atoms with Crippen LogP contribution in [0.5, 0.6) is 11.5 Å². The number of hydrogen-bond donors (Lipinski definition) is 2. The Balaban J connectivity index is 1.31. The second-order valence-corrected chi connectivity index (χ2v) is 8.59. The Bertz CT molecular complexity index is 1250. The molecule has 0 saturated carbocycles. The van der Waals surface area contributed by atoms with Crippen LogP contribution >= 0.6 is 11.3 Å². The minimum absolute atomic E-state index is 0.246. The summed E-state index contributed by atoms with van der Waals surface area (Å²) in [6, 6.07) is 18.3. The van der Waals surface area contributed by atoms with E-state index in [0.717, 1.165) is 34.6 Å². The third kappa shape index (κ3) is 4.22. The third-order valence-electron chi connectivity index (χ3n) is 5.46. The molecule has 0 saturated heterocycles. The molecule has 0 aliphatic heterocycles. The zero-order chi connectivity index (χ0) is 21.2. The summed E-state index contributed by atoms with van der Waals surface area (Å²) >= 11 is 1.63. The van der Waals surface area contributed by atoms with Gasteiger partial charge in [0.25, 0.3) is 5.91 Å². The zero-order valence-corrected chi connectivity index (χ0v) is 17.9. The van der Waals surface area contributed by atoms with Crippen LogP contribution in [-0.2, 0) is 12.8 Å². The van der Waals surface area contributed by atoms with Gasteiger partial charge in [-0.1, -0.05) is 35.6 Å². The number of nitrogens with zero attached hydrogens (tertiary/aromatic N) is 2. The normalized spacial score (nSPS) is 15.3. The third-order valence-corrected chi connectivity index (χ3v) is 6.41. The van der Waals surface area contributed by atoms with Crippen molar-refractivity contribution in [1.29, 1.82) is 0 Å². The smallest absolute Gasteiger partial charge is 0.269 e. The van der Waals surface area contributed by atoms with Crippen LogP contribution in [0.25, 0.3) is 10.2 Å².